The summed E-state index contributed by atoms with van der Waals surface area (Å²) < 4.78 is 8.16. The number of benzene rings is 1. The van der Waals surface area contributed by atoms with E-state index in [0.717, 1.165) is 33.7 Å². The number of nitrogens with zero attached hydrogens (tertiary/aromatic N) is 3. The van der Waals surface area contributed by atoms with Gasteiger partial charge in [-0.05, 0) is 49.2 Å². The Kier molecular flexibility index (Phi) is 6.28. The molecule has 1 atom stereocenters. The van der Waals surface area contributed by atoms with Crippen LogP contribution in [0.2, 0.25) is 0 Å². The molecule has 1 fully saturated rings. The molecule has 1 aliphatic rings. The smallest absolute Gasteiger partial charge is 0.251 e. The van der Waals surface area contributed by atoms with Crippen molar-refractivity contribution in [3.63, 3.8) is 0 Å². The topological polar surface area (TPSA) is 75.9 Å². The van der Waals surface area contributed by atoms with E-state index in [1.54, 1.807) is 7.05 Å². The maximum Gasteiger partial charge on any atom is 0.251 e. The Labute approximate surface area is 188 Å². The van der Waals surface area contributed by atoms with Gasteiger partial charge in [0.1, 0.15) is 5.65 Å². The van der Waals surface area contributed by atoms with Crippen LogP contribution in [0.5, 0.6) is 0 Å². The molecule has 0 bridgehead atoms. The van der Waals surface area contributed by atoms with E-state index < -0.39 is 0 Å². The number of hydrogen-bond acceptors (Lipinski definition) is 4. The number of rotatable bonds is 5. The van der Waals surface area contributed by atoms with Crippen LogP contribution in [0.1, 0.15) is 40.5 Å². The Morgan fingerprint density at radius 3 is 2.75 bits per heavy atom. The van der Waals surface area contributed by atoms with Crippen LogP contribution in [0, 0.1) is 13.8 Å². The van der Waals surface area contributed by atoms with Crippen molar-refractivity contribution in [2.75, 3.05) is 26.7 Å². The van der Waals surface area contributed by atoms with Gasteiger partial charge in [-0.2, -0.15) is 0 Å². The highest BCUT2D eigenvalue weighted by molar-refractivity contribution is 5.95. The quantitative estimate of drug-likeness (QED) is 0.669. The van der Waals surface area contributed by atoms with Crippen molar-refractivity contribution in [3.8, 4) is 11.3 Å². The second-order valence-electron chi connectivity index (χ2n) is 8.34. The standard InChI is InChI=1S/C25H30N4O3/c1-5-23(30)28-10-11-32-19(15-28)14-21-24(27-22-12-16(2)8-9-29(21)22)20-7-6-18(13-17(20)3)25(31)26-4/h6-9,12-13,19H,5,10-11,14-15H2,1-4H3,(H,26,31)/t19-/m0/s1. The first-order valence-electron chi connectivity index (χ1n) is 11.1. The molecule has 2 amide bonds. The van der Waals surface area contributed by atoms with Crippen LogP contribution in [0.15, 0.2) is 36.5 Å². The van der Waals surface area contributed by atoms with E-state index in [0.29, 0.717) is 38.1 Å². The summed E-state index contributed by atoms with van der Waals surface area (Å²) >= 11 is 0. The number of ether oxygens (including phenoxy) is 1. The van der Waals surface area contributed by atoms with Gasteiger partial charge in [-0.15, -0.1) is 0 Å². The normalized spacial score (nSPS) is 16.4. The highest BCUT2D eigenvalue weighted by Gasteiger charge is 2.26. The van der Waals surface area contributed by atoms with Crippen LogP contribution in [-0.2, 0) is 16.0 Å². The molecule has 1 saturated heterocycles. The molecule has 32 heavy (non-hydrogen) atoms. The molecule has 0 spiro atoms. The number of pyridine rings is 1. The van der Waals surface area contributed by atoms with Gasteiger partial charge in [0, 0.05) is 50.3 Å². The van der Waals surface area contributed by atoms with Gasteiger partial charge in [-0.1, -0.05) is 13.0 Å². The zero-order valence-corrected chi connectivity index (χ0v) is 19.1. The van der Waals surface area contributed by atoms with Crippen molar-refractivity contribution in [1.29, 1.82) is 0 Å². The molecule has 1 N–H and O–H groups in total. The number of hydrogen-bond donors (Lipinski definition) is 1. The van der Waals surface area contributed by atoms with Crippen molar-refractivity contribution in [3.05, 3.63) is 58.9 Å². The summed E-state index contributed by atoms with van der Waals surface area (Å²) in [5, 5.41) is 2.67. The van der Waals surface area contributed by atoms with Crippen LogP contribution in [0.25, 0.3) is 16.9 Å². The predicted molar refractivity (Wildman–Crippen MR) is 124 cm³/mol. The average Bonchev–Trinajstić information content (AvgIpc) is 3.14. The molecule has 0 saturated carbocycles. The first kappa shape index (κ1) is 22.0. The summed E-state index contributed by atoms with van der Waals surface area (Å²) in [6.07, 6.45) is 3.10. The zero-order valence-electron chi connectivity index (χ0n) is 19.1. The number of aryl methyl sites for hydroxylation is 2. The third kappa shape index (κ3) is 4.25. The SMILES string of the molecule is CCC(=O)N1CCO[C@@H](Cc2c(-c3ccc(C(=O)NC)cc3C)nc3cc(C)ccn23)C1. The number of carbonyl (C=O) groups excluding carboxylic acids is 2. The minimum Gasteiger partial charge on any atom is -0.374 e. The predicted octanol–water partition coefficient (Wildman–Crippen LogP) is 3.16. The van der Waals surface area contributed by atoms with Crippen molar-refractivity contribution in [2.24, 2.45) is 0 Å². The highest BCUT2D eigenvalue weighted by atomic mass is 16.5. The van der Waals surface area contributed by atoms with Gasteiger partial charge >= 0.3 is 0 Å². The van der Waals surface area contributed by atoms with Crippen LogP contribution >= 0.6 is 0 Å². The van der Waals surface area contributed by atoms with Gasteiger partial charge in [-0.3, -0.25) is 9.59 Å². The average molecular weight is 435 g/mol. The molecule has 4 rings (SSSR count). The fourth-order valence-electron chi connectivity index (χ4n) is 4.33. The molecule has 2 aromatic heterocycles. The molecule has 1 aromatic carbocycles. The minimum atomic E-state index is -0.109. The molecule has 1 aliphatic heterocycles. The Morgan fingerprint density at radius 2 is 2.03 bits per heavy atom. The molecule has 0 radical (unpaired) electrons. The van der Waals surface area contributed by atoms with Gasteiger partial charge in [0.05, 0.1) is 24.1 Å². The number of morpholine rings is 1. The number of imidazole rings is 1. The number of nitrogens with one attached hydrogen (secondary N) is 1. The van der Waals surface area contributed by atoms with E-state index >= 15 is 0 Å². The van der Waals surface area contributed by atoms with E-state index in [9.17, 15) is 9.59 Å². The largest absolute Gasteiger partial charge is 0.374 e. The maximum atomic E-state index is 12.2. The van der Waals surface area contributed by atoms with E-state index in [1.165, 1.54) is 0 Å². The number of carbonyl (C=O) groups is 2. The molecule has 3 heterocycles. The second kappa shape index (κ2) is 9.12. The fraction of sp³-hybridized carbons (Fsp3) is 0.400. The van der Waals surface area contributed by atoms with Crippen LogP contribution in [0.3, 0.4) is 0 Å². The number of amides is 2. The summed E-state index contributed by atoms with van der Waals surface area (Å²) in [6.45, 7) is 7.71. The van der Waals surface area contributed by atoms with E-state index in [-0.39, 0.29) is 17.9 Å². The van der Waals surface area contributed by atoms with Gasteiger partial charge in [0.25, 0.3) is 5.91 Å². The minimum absolute atomic E-state index is 0.0929. The van der Waals surface area contributed by atoms with Gasteiger partial charge in [0.15, 0.2) is 0 Å². The van der Waals surface area contributed by atoms with Gasteiger partial charge in [0.2, 0.25) is 5.91 Å². The Hall–Kier alpha value is -3.19. The first-order valence-corrected chi connectivity index (χ1v) is 11.1. The summed E-state index contributed by atoms with van der Waals surface area (Å²) in [5.41, 5.74) is 6.55. The second-order valence-corrected chi connectivity index (χ2v) is 8.34. The third-order valence-corrected chi connectivity index (χ3v) is 6.07. The Morgan fingerprint density at radius 1 is 1.22 bits per heavy atom. The van der Waals surface area contributed by atoms with Crippen LogP contribution in [-0.4, -0.2) is 58.9 Å². The summed E-state index contributed by atoms with van der Waals surface area (Å²) in [5.74, 6) is 0.0507. The van der Waals surface area contributed by atoms with E-state index in [1.807, 2.05) is 43.1 Å². The molecule has 0 unspecified atom stereocenters. The highest BCUT2D eigenvalue weighted by Crippen LogP contribution is 2.30. The van der Waals surface area contributed by atoms with E-state index in [4.69, 9.17) is 9.72 Å². The molecule has 3 aromatic rings. The third-order valence-electron chi connectivity index (χ3n) is 6.07. The van der Waals surface area contributed by atoms with Crippen molar-refractivity contribution in [1.82, 2.24) is 19.6 Å². The molecular formula is C25H30N4O3. The lowest BCUT2D eigenvalue weighted by molar-refractivity contribution is -0.138. The summed E-state index contributed by atoms with van der Waals surface area (Å²) in [6, 6.07) is 9.83. The Bertz CT molecular complexity index is 1170. The van der Waals surface area contributed by atoms with Crippen molar-refractivity contribution in [2.45, 2.75) is 39.7 Å². The van der Waals surface area contributed by atoms with Crippen molar-refractivity contribution >= 4 is 17.5 Å². The van der Waals surface area contributed by atoms with Gasteiger partial charge in [-0.25, -0.2) is 4.98 Å². The van der Waals surface area contributed by atoms with Crippen LogP contribution in [0.4, 0.5) is 0 Å². The zero-order chi connectivity index (χ0) is 22.8. The lowest BCUT2D eigenvalue weighted by Crippen LogP contribution is -2.46. The molecular weight excluding hydrogens is 404 g/mol. The molecule has 7 nitrogen and oxygen atoms in total. The molecule has 168 valence electrons. The number of fused-ring (bicyclic) bond motifs is 1. The monoisotopic (exact) mass is 434 g/mol. The maximum absolute atomic E-state index is 12.2. The summed E-state index contributed by atoms with van der Waals surface area (Å²) in [7, 11) is 1.63. The first-order chi connectivity index (χ1) is 15.4. The fourth-order valence-corrected chi connectivity index (χ4v) is 4.33. The van der Waals surface area contributed by atoms with Crippen LogP contribution < -0.4 is 5.32 Å². The van der Waals surface area contributed by atoms with Crippen molar-refractivity contribution < 1.29 is 14.3 Å². The molecule has 0 aliphatic carbocycles. The lowest BCUT2D eigenvalue weighted by Gasteiger charge is -2.33. The number of aromatic nitrogens is 2. The molecule has 7 heteroatoms. The lowest BCUT2D eigenvalue weighted by atomic mass is 9.99. The van der Waals surface area contributed by atoms with E-state index in [2.05, 4.69) is 28.8 Å². The van der Waals surface area contributed by atoms with Gasteiger partial charge < -0.3 is 19.4 Å². The Balaban J connectivity index is 1.74. The summed E-state index contributed by atoms with van der Waals surface area (Å²) in [4.78, 5) is 31.1.